The Bertz CT molecular complexity index is 904. The summed E-state index contributed by atoms with van der Waals surface area (Å²) < 4.78 is 0. The van der Waals surface area contributed by atoms with Gasteiger partial charge in [0.2, 0.25) is 0 Å². The Morgan fingerprint density at radius 1 is 1.19 bits per heavy atom. The highest BCUT2D eigenvalue weighted by molar-refractivity contribution is 6.05. The molecule has 0 unspecified atom stereocenters. The van der Waals surface area contributed by atoms with E-state index in [9.17, 15) is 19.7 Å². The number of carbonyl (C=O) groups is 2. The van der Waals surface area contributed by atoms with E-state index in [1.54, 1.807) is 43.5 Å². The van der Waals surface area contributed by atoms with Crippen LogP contribution in [0.4, 0.5) is 11.4 Å². The SMILES string of the molecule is CNC(=O)c1ccc(/C=C/C(=O)N2CCc3ccc([N+](=O)[O-])cc32)cc1. The molecule has 7 nitrogen and oxygen atoms in total. The van der Waals surface area contributed by atoms with Crippen molar-refractivity contribution in [2.45, 2.75) is 6.42 Å². The smallest absolute Gasteiger partial charge is 0.271 e. The summed E-state index contributed by atoms with van der Waals surface area (Å²) in [5.74, 6) is -0.411. The number of nitro groups is 1. The highest BCUT2D eigenvalue weighted by Gasteiger charge is 2.25. The number of rotatable bonds is 4. The average Bonchev–Trinajstić information content (AvgIpc) is 3.09. The van der Waals surface area contributed by atoms with Crippen molar-refractivity contribution in [3.63, 3.8) is 0 Å². The van der Waals surface area contributed by atoms with Gasteiger partial charge in [0, 0.05) is 37.4 Å². The molecule has 0 saturated heterocycles. The van der Waals surface area contributed by atoms with Gasteiger partial charge in [-0.05, 0) is 35.8 Å². The van der Waals surface area contributed by atoms with Gasteiger partial charge in [-0.2, -0.15) is 0 Å². The number of anilines is 1. The van der Waals surface area contributed by atoms with E-state index in [2.05, 4.69) is 5.32 Å². The summed E-state index contributed by atoms with van der Waals surface area (Å²) in [4.78, 5) is 36.0. The topological polar surface area (TPSA) is 92.6 Å². The number of fused-ring (bicyclic) bond motifs is 1. The molecule has 2 aromatic rings. The van der Waals surface area contributed by atoms with Crippen LogP contribution in [0.25, 0.3) is 6.08 Å². The van der Waals surface area contributed by atoms with Crippen molar-refractivity contribution >= 4 is 29.3 Å². The van der Waals surface area contributed by atoms with Crippen molar-refractivity contribution < 1.29 is 14.5 Å². The third-order valence-corrected chi connectivity index (χ3v) is 4.26. The van der Waals surface area contributed by atoms with Gasteiger partial charge in [0.05, 0.1) is 10.6 Å². The summed E-state index contributed by atoms with van der Waals surface area (Å²) in [7, 11) is 1.56. The van der Waals surface area contributed by atoms with Crippen LogP contribution >= 0.6 is 0 Å². The van der Waals surface area contributed by atoms with Crippen LogP contribution in [0.2, 0.25) is 0 Å². The molecule has 0 radical (unpaired) electrons. The van der Waals surface area contributed by atoms with Gasteiger partial charge in [0.25, 0.3) is 17.5 Å². The van der Waals surface area contributed by atoms with Gasteiger partial charge in [-0.1, -0.05) is 18.2 Å². The lowest BCUT2D eigenvalue weighted by Crippen LogP contribution is -2.26. The fraction of sp³-hybridized carbons (Fsp3) is 0.158. The molecule has 0 fully saturated rings. The molecule has 0 atom stereocenters. The molecule has 7 heteroatoms. The van der Waals surface area contributed by atoms with Crippen LogP contribution in [0.5, 0.6) is 0 Å². The quantitative estimate of drug-likeness (QED) is 0.520. The first kappa shape index (κ1) is 17.3. The number of carbonyl (C=O) groups excluding carboxylic acids is 2. The second kappa shape index (κ2) is 7.18. The number of non-ortho nitro benzene ring substituents is 1. The number of nitro benzene ring substituents is 1. The number of hydrogen-bond donors (Lipinski definition) is 1. The van der Waals surface area contributed by atoms with Crippen LogP contribution in [-0.4, -0.2) is 30.3 Å². The maximum Gasteiger partial charge on any atom is 0.271 e. The minimum absolute atomic E-state index is 0.0304. The van der Waals surface area contributed by atoms with E-state index in [1.165, 1.54) is 23.1 Å². The fourth-order valence-electron chi connectivity index (χ4n) is 2.86. The van der Waals surface area contributed by atoms with E-state index in [0.717, 1.165) is 11.1 Å². The van der Waals surface area contributed by atoms with E-state index >= 15 is 0 Å². The Morgan fingerprint density at radius 2 is 1.92 bits per heavy atom. The van der Waals surface area contributed by atoms with Crippen LogP contribution in [-0.2, 0) is 11.2 Å². The number of benzene rings is 2. The van der Waals surface area contributed by atoms with Crippen molar-refractivity contribution in [1.82, 2.24) is 5.32 Å². The molecule has 0 aromatic heterocycles. The van der Waals surface area contributed by atoms with E-state index < -0.39 is 4.92 Å². The van der Waals surface area contributed by atoms with Crippen molar-refractivity contribution in [3.05, 3.63) is 75.3 Å². The van der Waals surface area contributed by atoms with Crippen LogP contribution in [0, 0.1) is 10.1 Å². The Labute approximate surface area is 150 Å². The lowest BCUT2D eigenvalue weighted by Gasteiger charge is -2.14. The summed E-state index contributed by atoms with van der Waals surface area (Å²) in [5.41, 5.74) is 2.80. The molecule has 132 valence electrons. The van der Waals surface area contributed by atoms with Gasteiger partial charge in [-0.3, -0.25) is 19.7 Å². The maximum atomic E-state index is 12.5. The van der Waals surface area contributed by atoms with Gasteiger partial charge in [0.15, 0.2) is 0 Å². The predicted octanol–water partition coefficient (Wildman–Crippen LogP) is 2.56. The van der Waals surface area contributed by atoms with Crippen molar-refractivity contribution in [2.24, 2.45) is 0 Å². The predicted molar refractivity (Wildman–Crippen MR) is 98.0 cm³/mol. The van der Waals surface area contributed by atoms with Gasteiger partial charge in [-0.15, -0.1) is 0 Å². The number of nitrogens with one attached hydrogen (secondary N) is 1. The van der Waals surface area contributed by atoms with Crippen LogP contribution in [0.1, 0.15) is 21.5 Å². The number of hydrogen-bond acceptors (Lipinski definition) is 4. The summed E-state index contributed by atoms with van der Waals surface area (Å²) >= 11 is 0. The molecule has 2 aromatic carbocycles. The monoisotopic (exact) mass is 351 g/mol. The zero-order valence-electron chi connectivity index (χ0n) is 14.1. The van der Waals surface area contributed by atoms with Crippen LogP contribution in [0.3, 0.4) is 0 Å². The van der Waals surface area contributed by atoms with E-state index in [-0.39, 0.29) is 17.5 Å². The third kappa shape index (κ3) is 3.46. The van der Waals surface area contributed by atoms with Crippen molar-refractivity contribution in [2.75, 3.05) is 18.5 Å². The van der Waals surface area contributed by atoms with Gasteiger partial charge < -0.3 is 10.2 Å². The average molecular weight is 351 g/mol. The second-order valence-electron chi connectivity index (χ2n) is 5.84. The zero-order chi connectivity index (χ0) is 18.7. The Hall–Kier alpha value is -3.48. The molecule has 26 heavy (non-hydrogen) atoms. The number of nitrogens with zero attached hydrogens (tertiary/aromatic N) is 2. The molecular formula is C19H17N3O4. The van der Waals surface area contributed by atoms with E-state index in [1.807, 2.05) is 0 Å². The van der Waals surface area contributed by atoms with Crippen molar-refractivity contribution in [1.29, 1.82) is 0 Å². The highest BCUT2D eigenvalue weighted by atomic mass is 16.6. The molecule has 1 heterocycles. The standard InChI is InChI=1S/C19H17N3O4/c1-20-19(24)15-5-2-13(3-6-15)4-9-18(23)21-11-10-14-7-8-16(22(25)26)12-17(14)21/h2-9,12H,10-11H2,1H3,(H,20,24)/b9-4+. The molecule has 1 aliphatic heterocycles. The molecule has 0 bridgehead atoms. The fourth-order valence-corrected chi connectivity index (χ4v) is 2.86. The second-order valence-corrected chi connectivity index (χ2v) is 5.84. The Kier molecular flexibility index (Phi) is 4.79. The summed E-state index contributed by atoms with van der Waals surface area (Å²) in [6.07, 6.45) is 3.77. The molecule has 2 amide bonds. The third-order valence-electron chi connectivity index (χ3n) is 4.26. The summed E-state index contributed by atoms with van der Waals surface area (Å²) in [6.45, 7) is 0.495. The summed E-state index contributed by atoms with van der Waals surface area (Å²) in [5, 5.41) is 13.5. The van der Waals surface area contributed by atoms with Gasteiger partial charge >= 0.3 is 0 Å². The van der Waals surface area contributed by atoms with E-state index in [0.29, 0.717) is 24.2 Å². The first-order valence-electron chi connectivity index (χ1n) is 8.08. The molecule has 0 aliphatic carbocycles. The zero-order valence-corrected chi connectivity index (χ0v) is 14.1. The normalized spacial score (nSPS) is 12.9. The van der Waals surface area contributed by atoms with Crippen LogP contribution < -0.4 is 10.2 Å². The first-order chi connectivity index (χ1) is 12.5. The molecule has 0 spiro atoms. The Balaban J connectivity index is 1.75. The minimum Gasteiger partial charge on any atom is -0.355 e. The van der Waals surface area contributed by atoms with Crippen LogP contribution in [0.15, 0.2) is 48.5 Å². The number of amides is 2. The summed E-state index contributed by atoms with van der Waals surface area (Å²) in [6, 6.07) is 11.4. The van der Waals surface area contributed by atoms with E-state index in [4.69, 9.17) is 0 Å². The van der Waals surface area contributed by atoms with Gasteiger partial charge in [-0.25, -0.2) is 0 Å². The Morgan fingerprint density at radius 3 is 2.58 bits per heavy atom. The molecule has 1 aliphatic rings. The lowest BCUT2D eigenvalue weighted by molar-refractivity contribution is -0.384. The molecule has 0 saturated carbocycles. The lowest BCUT2D eigenvalue weighted by atomic mass is 10.1. The van der Waals surface area contributed by atoms with Crippen molar-refractivity contribution in [3.8, 4) is 0 Å². The molecular weight excluding hydrogens is 334 g/mol. The minimum atomic E-state index is -0.467. The largest absolute Gasteiger partial charge is 0.355 e. The molecule has 1 N–H and O–H groups in total. The molecule has 3 rings (SSSR count). The van der Waals surface area contributed by atoms with Gasteiger partial charge in [0.1, 0.15) is 0 Å². The highest BCUT2D eigenvalue weighted by Crippen LogP contribution is 2.31. The maximum absolute atomic E-state index is 12.5. The first-order valence-corrected chi connectivity index (χ1v) is 8.08.